The fourth-order valence-corrected chi connectivity index (χ4v) is 1.74. The molecule has 5 heteroatoms. The summed E-state index contributed by atoms with van der Waals surface area (Å²) in [5.41, 5.74) is 1.77. The maximum atomic E-state index is 9.14. The van der Waals surface area contributed by atoms with Crippen LogP contribution in [-0.4, -0.2) is 17.2 Å². The molecular weight excluding hydrogens is 256 g/mol. The Hall–Kier alpha value is -2.58. The molecule has 5 nitrogen and oxygen atoms in total. The molecule has 0 fully saturated rings. The van der Waals surface area contributed by atoms with Crippen LogP contribution >= 0.6 is 0 Å². The lowest BCUT2D eigenvalue weighted by Crippen LogP contribution is -2.01. The molecule has 0 spiro atoms. The first-order valence-electron chi connectivity index (χ1n) is 6.03. The molecule has 2 aromatic rings. The highest BCUT2D eigenvalue weighted by Crippen LogP contribution is 2.29. The van der Waals surface area contributed by atoms with Crippen molar-refractivity contribution in [2.45, 2.75) is 13.2 Å². The molecule has 20 heavy (non-hydrogen) atoms. The Bertz CT molecular complexity index is 635. The number of pyridine rings is 1. The molecule has 1 N–H and O–H groups in total. The van der Waals surface area contributed by atoms with Crippen molar-refractivity contribution in [3.63, 3.8) is 0 Å². The predicted molar refractivity (Wildman–Crippen MR) is 72.2 cm³/mol. The number of aromatic nitrogens is 1. The number of methoxy groups -OCH3 is 1. The predicted octanol–water partition coefficient (Wildman–Crippen LogP) is 2.03. The molecule has 1 aromatic carbocycles. The smallest absolute Gasteiger partial charge is 0.162 e. The summed E-state index contributed by atoms with van der Waals surface area (Å²) in [7, 11) is 1.55. The Balaban J connectivity index is 2.20. The lowest BCUT2D eigenvalue weighted by Gasteiger charge is -2.12. The molecule has 0 atom stereocenters. The van der Waals surface area contributed by atoms with Crippen LogP contribution in [0.2, 0.25) is 0 Å². The number of benzene rings is 1. The molecule has 0 unspecified atom stereocenters. The number of aliphatic hydroxyl groups is 1. The van der Waals surface area contributed by atoms with E-state index in [1.807, 2.05) is 6.07 Å². The van der Waals surface area contributed by atoms with Gasteiger partial charge in [0.2, 0.25) is 0 Å². The minimum atomic E-state index is -0.0727. The van der Waals surface area contributed by atoms with Crippen LogP contribution in [0, 0.1) is 11.3 Å². The van der Waals surface area contributed by atoms with Crippen LogP contribution in [0.1, 0.15) is 16.8 Å². The van der Waals surface area contributed by atoms with Crippen molar-refractivity contribution in [1.82, 2.24) is 4.98 Å². The third-order valence-electron chi connectivity index (χ3n) is 2.79. The van der Waals surface area contributed by atoms with Crippen molar-refractivity contribution in [3.8, 4) is 17.6 Å². The van der Waals surface area contributed by atoms with Gasteiger partial charge in [0.1, 0.15) is 18.4 Å². The highest BCUT2D eigenvalue weighted by molar-refractivity contribution is 5.43. The van der Waals surface area contributed by atoms with E-state index < -0.39 is 0 Å². The number of aliphatic hydroxyl groups excluding tert-OH is 1. The molecule has 0 aliphatic rings. The molecule has 1 heterocycles. The zero-order chi connectivity index (χ0) is 14.4. The molecule has 102 valence electrons. The van der Waals surface area contributed by atoms with E-state index in [4.69, 9.17) is 19.8 Å². The molecular formula is C15H14N2O3. The average Bonchev–Trinajstić information content (AvgIpc) is 2.52. The normalized spacial score (nSPS) is 9.85. The van der Waals surface area contributed by atoms with Crippen molar-refractivity contribution in [3.05, 3.63) is 53.3 Å². The number of nitriles is 1. The summed E-state index contributed by atoms with van der Waals surface area (Å²) < 4.78 is 10.9. The van der Waals surface area contributed by atoms with E-state index in [1.54, 1.807) is 43.6 Å². The zero-order valence-electron chi connectivity index (χ0n) is 11.0. The molecule has 0 radical (unpaired) electrons. The maximum Gasteiger partial charge on any atom is 0.162 e. The zero-order valence-corrected chi connectivity index (χ0v) is 11.0. The van der Waals surface area contributed by atoms with E-state index in [0.717, 1.165) is 5.56 Å². The fourth-order valence-electron chi connectivity index (χ4n) is 1.74. The minimum absolute atomic E-state index is 0.0727. The van der Waals surface area contributed by atoms with Crippen molar-refractivity contribution in [2.75, 3.05) is 7.11 Å². The summed E-state index contributed by atoms with van der Waals surface area (Å²) in [5, 5.41) is 18.1. The molecule has 0 aliphatic carbocycles. The van der Waals surface area contributed by atoms with Gasteiger partial charge in [0.05, 0.1) is 13.7 Å². The van der Waals surface area contributed by atoms with Gasteiger partial charge < -0.3 is 14.6 Å². The standard InChI is InChI=1S/C15H14N2O3/c1-19-14-5-4-11(9-18)7-15(14)20-10-12-3-2-6-17-13(12)8-16/h2-7,18H,9-10H2,1H3. The van der Waals surface area contributed by atoms with Gasteiger partial charge in [-0.3, -0.25) is 0 Å². The summed E-state index contributed by atoms with van der Waals surface area (Å²) >= 11 is 0. The molecule has 0 bridgehead atoms. The van der Waals surface area contributed by atoms with Crippen LogP contribution < -0.4 is 9.47 Å². The lowest BCUT2D eigenvalue weighted by molar-refractivity contribution is 0.271. The Morgan fingerprint density at radius 3 is 2.85 bits per heavy atom. The van der Waals surface area contributed by atoms with Gasteiger partial charge in [-0.05, 0) is 23.8 Å². The quantitative estimate of drug-likeness (QED) is 0.899. The van der Waals surface area contributed by atoms with Crippen molar-refractivity contribution >= 4 is 0 Å². The van der Waals surface area contributed by atoms with Gasteiger partial charge in [-0.1, -0.05) is 12.1 Å². The van der Waals surface area contributed by atoms with Crippen LogP contribution in [0.5, 0.6) is 11.5 Å². The van der Waals surface area contributed by atoms with E-state index in [-0.39, 0.29) is 13.2 Å². The second-order valence-electron chi connectivity index (χ2n) is 4.05. The van der Waals surface area contributed by atoms with Gasteiger partial charge in [-0.15, -0.1) is 0 Å². The number of rotatable bonds is 5. The third kappa shape index (κ3) is 3.05. The Morgan fingerprint density at radius 1 is 1.30 bits per heavy atom. The molecule has 0 amide bonds. The van der Waals surface area contributed by atoms with Gasteiger partial charge in [-0.25, -0.2) is 4.98 Å². The van der Waals surface area contributed by atoms with E-state index in [9.17, 15) is 0 Å². The van der Waals surface area contributed by atoms with E-state index >= 15 is 0 Å². The van der Waals surface area contributed by atoms with Crippen LogP contribution in [0.25, 0.3) is 0 Å². The van der Waals surface area contributed by atoms with Crippen molar-refractivity contribution < 1.29 is 14.6 Å². The molecule has 2 rings (SSSR count). The topological polar surface area (TPSA) is 75.4 Å². The summed E-state index contributed by atoms with van der Waals surface area (Å²) in [6.45, 7) is 0.138. The van der Waals surface area contributed by atoms with Gasteiger partial charge in [0, 0.05) is 11.8 Å². The summed E-state index contributed by atoms with van der Waals surface area (Å²) in [5.74, 6) is 1.09. The molecule has 0 saturated carbocycles. The van der Waals surface area contributed by atoms with Crippen molar-refractivity contribution in [2.24, 2.45) is 0 Å². The van der Waals surface area contributed by atoms with Crippen LogP contribution in [0.15, 0.2) is 36.5 Å². The van der Waals surface area contributed by atoms with Crippen LogP contribution in [0.4, 0.5) is 0 Å². The van der Waals surface area contributed by atoms with Gasteiger partial charge in [0.25, 0.3) is 0 Å². The number of nitrogens with zero attached hydrogens (tertiary/aromatic N) is 2. The van der Waals surface area contributed by atoms with Crippen LogP contribution in [0.3, 0.4) is 0 Å². The summed E-state index contributed by atoms with van der Waals surface area (Å²) in [6.07, 6.45) is 1.56. The average molecular weight is 270 g/mol. The first-order chi connectivity index (χ1) is 9.78. The lowest BCUT2D eigenvalue weighted by atomic mass is 10.2. The van der Waals surface area contributed by atoms with Gasteiger partial charge >= 0.3 is 0 Å². The first-order valence-corrected chi connectivity index (χ1v) is 6.03. The summed E-state index contributed by atoms with van der Waals surface area (Å²) in [4.78, 5) is 3.97. The largest absolute Gasteiger partial charge is 0.493 e. The molecule has 0 saturated heterocycles. The highest BCUT2D eigenvalue weighted by Gasteiger charge is 2.08. The van der Waals surface area contributed by atoms with E-state index in [1.165, 1.54) is 0 Å². The van der Waals surface area contributed by atoms with E-state index in [0.29, 0.717) is 22.8 Å². The fraction of sp³-hybridized carbons (Fsp3) is 0.200. The first kappa shape index (κ1) is 13.8. The second-order valence-corrected chi connectivity index (χ2v) is 4.05. The SMILES string of the molecule is COc1ccc(CO)cc1OCc1cccnc1C#N. The molecule has 1 aromatic heterocycles. The highest BCUT2D eigenvalue weighted by atomic mass is 16.5. The van der Waals surface area contributed by atoms with E-state index in [2.05, 4.69) is 4.98 Å². The monoisotopic (exact) mass is 270 g/mol. The number of ether oxygens (including phenoxy) is 2. The van der Waals surface area contributed by atoms with Crippen LogP contribution in [-0.2, 0) is 13.2 Å². The van der Waals surface area contributed by atoms with Crippen molar-refractivity contribution in [1.29, 1.82) is 5.26 Å². The Morgan fingerprint density at radius 2 is 2.15 bits per heavy atom. The van der Waals surface area contributed by atoms with Gasteiger partial charge in [-0.2, -0.15) is 5.26 Å². The third-order valence-corrected chi connectivity index (χ3v) is 2.79. The maximum absolute atomic E-state index is 9.14. The van der Waals surface area contributed by atoms with Gasteiger partial charge in [0.15, 0.2) is 11.5 Å². The number of hydrogen-bond donors (Lipinski definition) is 1. The summed E-state index contributed by atoms with van der Waals surface area (Å²) in [6, 6.07) is 10.8. The second kappa shape index (κ2) is 6.55. The Labute approximate surface area is 117 Å². The molecule has 0 aliphatic heterocycles. The Kier molecular flexibility index (Phi) is 4.53. The number of hydrogen-bond acceptors (Lipinski definition) is 5. The minimum Gasteiger partial charge on any atom is -0.493 e.